The summed E-state index contributed by atoms with van der Waals surface area (Å²) in [6, 6.07) is 0. The number of ether oxygens (including phenoxy) is 2. The maximum atomic E-state index is 11.7. The van der Waals surface area contributed by atoms with Gasteiger partial charge in [-0.1, -0.05) is 0 Å². The first-order chi connectivity index (χ1) is 9.99. The summed E-state index contributed by atoms with van der Waals surface area (Å²) < 4.78 is 10.1. The van der Waals surface area contributed by atoms with Crippen molar-refractivity contribution in [2.75, 3.05) is 37.9 Å². The van der Waals surface area contributed by atoms with Crippen LogP contribution in [0.5, 0.6) is 5.75 Å². The fourth-order valence-electron chi connectivity index (χ4n) is 2.65. The number of rotatable bonds is 4. The van der Waals surface area contributed by atoms with Crippen molar-refractivity contribution in [1.82, 2.24) is 0 Å². The van der Waals surface area contributed by atoms with Crippen molar-refractivity contribution in [3.05, 3.63) is 4.88 Å². The van der Waals surface area contributed by atoms with Crippen molar-refractivity contribution in [3.8, 4) is 5.75 Å². The van der Waals surface area contributed by atoms with Crippen molar-refractivity contribution in [2.24, 2.45) is 5.92 Å². The molecule has 3 N–H and O–H groups in total. The molecular formula is C14H22N2O4S. The highest BCUT2D eigenvalue weighted by Crippen LogP contribution is 2.46. The Labute approximate surface area is 128 Å². The third-order valence-corrected chi connectivity index (χ3v) is 5.19. The Bertz CT molecular complexity index is 507. The van der Waals surface area contributed by atoms with Gasteiger partial charge in [0.25, 0.3) is 0 Å². The second kappa shape index (κ2) is 6.53. The smallest absolute Gasteiger partial charge is 0.350 e. The van der Waals surface area contributed by atoms with Gasteiger partial charge in [-0.05, 0) is 25.7 Å². The molecule has 118 valence electrons. The number of anilines is 2. The van der Waals surface area contributed by atoms with Crippen LogP contribution in [-0.2, 0) is 4.74 Å². The molecular weight excluding hydrogens is 292 g/mol. The Hall–Kier alpha value is -1.47. The van der Waals surface area contributed by atoms with Gasteiger partial charge in [-0.3, -0.25) is 0 Å². The molecule has 0 aliphatic carbocycles. The highest BCUT2D eigenvalue weighted by atomic mass is 32.1. The van der Waals surface area contributed by atoms with E-state index in [1.165, 1.54) is 18.4 Å². The van der Waals surface area contributed by atoms with Crippen LogP contribution in [0.2, 0.25) is 0 Å². The quantitative estimate of drug-likeness (QED) is 0.823. The van der Waals surface area contributed by atoms with Gasteiger partial charge in [0.2, 0.25) is 0 Å². The lowest BCUT2D eigenvalue weighted by molar-refractivity contribution is 0.0607. The molecule has 1 aromatic rings. The van der Waals surface area contributed by atoms with Crippen LogP contribution in [0.15, 0.2) is 0 Å². The number of carbonyl (C=O) groups excluding carboxylic acids is 1. The third-order valence-electron chi connectivity index (χ3n) is 3.97. The summed E-state index contributed by atoms with van der Waals surface area (Å²) in [7, 11) is 2.88. The molecule has 1 aliphatic rings. The van der Waals surface area contributed by atoms with Gasteiger partial charge >= 0.3 is 5.97 Å². The zero-order valence-electron chi connectivity index (χ0n) is 12.6. The summed E-state index contributed by atoms with van der Waals surface area (Å²) in [5.41, 5.74) is 6.33. The number of aliphatic hydroxyl groups excluding tert-OH is 1. The standard InChI is InChI=1S/C14H22N2O4S/c1-8(17)9-4-6-16(7-5-9)13-11(19-2)10(15)12(21-13)14(18)20-3/h8-9,17H,4-7,15H2,1-3H3. The molecule has 1 atom stereocenters. The molecule has 0 saturated carbocycles. The highest BCUT2D eigenvalue weighted by Gasteiger charge is 2.29. The van der Waals surface area contributed by atoms with Crippen LogP contribution in [0.4, 0.5) is 10.7 Å². The van der Waals surface area contributed by atoms with Crippen molar-refractivity contribution in [3.63, 3.8) is 0 Å². The summed E-state index contributed by atoms with van der Waals surface area (Å²) in [6.45, 7) is 3.46. The fourth-order valence-corrected chi connectivity index (χ4v) is 3.81. The zero-order valence-corrected chi connectivity index (χ0v) is 13.4. The molecule has 0 bridgehead atoms. The van der Waals surface area contributed by atoms with Crippen molar-refractivity contribution < 1.29 is 19.4 Å². The predicted octanol–water partition coefficient (Wildman–Crippen LogP) is 1.72. The number of nitrogens with zero attached hydrogens (tertiary/aromatic N) is 1. The Kier molecular flexibility index (Phi) is 4.95. The summed E-state index contributed by atoms with van der Waals surface area (Å²) in [6.07, 6.45) is 1.53. The SMILES string of the molecule is COC(=O)c1sc(N2CCC(C(C)O)CC2)c(OC)c1N. The van der Waals surface area contributed by atoms with Crippen LogP contribution in [0, 0.1) is 5.92 Å². The van der Waals surface area contributed by atoms with E-state index in [0.717, 1.165) is 30.9 Å². The van der Waals surface area contributed by atoms with E-state index in [1.54, 1.807) is 7.11 Å². The molecule has 7 heteroatoms. The summed E-state index contributed by atoms with van der Waals surface area (Å²) in [5, 5.41) is 10.5. The summed E-state index contributed by atoms with van der Waals surface area (Å²) >= 11 is 1.30. The number of methoxy groups -OCH3 is 2. The molecule has 0 spiro atoms. The molecule has 2 rings (SSSR count). The monoisotopic (exact) mass is 314 g/mol. The summed E-state index contributed by atoms with van der Waals surface area (Å²) in [5.74, 6) is 0.418. The molecule has 0 amide bonds. The molecule has 1 aromatic heterocycles. The first-order valence-electron chi connectivity index (χ1n) is 6.97. The number of nitrogens with two attached hydrogens (primary N) is 1. The van der Waals surface area contributed by atoms with Gasteiger partial charge in [-0.2, -0.15) is 0 Å². The second-order valence-electron chi connectivity index (χ2n) is 5.24. The number of aliphatic hydroxyl groups is 1. The van der Waals surface area contributed by atoms with Crippen LogP contribution >= 0.6 is 11.3 Å². The van der Waals surface area contributed by atoms with E-state index < -0.39 is 5.97 Å². The van der Waals surface area contributed by atoms with E-state index in [1.807, 2.05) is 6.92 Å². The van der Waals surface area contributed by atoms with Gasteiger partial charge in [-0.25, -0.2) is 4.79 Å². The number of hydrogen-bond acceptors (Lipinski definition) is 7. The first-order valence-corrected chi connectivity index (χ1v) is 7.78. The molecule has 0 aromatic carbocycles. The normalized spacial score (nSPS) is 17.6. The average Bonchev–Trinajstić information content (AvgIpc) is 2.83. The third kappa shape index (κ3) is 3.08. The van der Waals surface area contributed by atoms with Gasteiger partial charge in [0.05, 0.1) is 20.3 Å². The van der Waals surface area contributed by atoms with E-state index in [-0.39, 0.29) is 6.10 Å². The van der Waals surface area contributed by atoms with E-state index in [4.69, 9.17) is 15.2 Å². The maximum Gasteiger partial charge on any atom is 0.350 e. The lowest BCUT2D eigenvalue weighted by atomic mass is 9.92. The molecule has 1 saturated heterocycles. The Morgan fingerprint density at radius 3 is 2.52 bits per heavy atom. The van der Waals surface area contributed by atoms with Crippen molar-refractivity contribution in [1.29, 1.82) is 0 Å². The topological polar surface area (TPSA) is 85.0 Å². The highest BCUT2D eigenvalue weighted by molar-refractivity contribution is 7.19. The van der Waals surface area contributed by atoms with Crippen molar-refractivity contribution >= 4 is 28.0 Å². The Morgan fingerprint density at radius 1 is 1.43 bits per heavy atom. The van der Waals surface area contributed by atoms with Crippen LogP contribution < -0.4 is 15.4 Å². The number of piperidine rings is 1. The van der Waals surface area contributed by atoms with Gasteiger partial charge in [0.1, 0.15) is 15.6 Å². The van der Waals surface area contributed by atoms with Gasteiger partial charge in [-0.15, -0.1) is 11.3 Å². The molecule has 1 aliphatic heterocycles. The molecule has 21 heavy (non-hydrogen) atoms. The van der Waals surface area contributed by atoms with Gasteiger partial charge < -0.3 is 25.2 Å². The minimum absolute atomic E-state index is 0.284. The Balaban J connectivity index is 2.22. The lowest BCUT2D eigenvalue weighted by Gasteiger charge is -2.34. The van der Waals surface area contributed by atoms with E-state index in [9.17, 15) is 9.90 Å². The molecule has 1 unspecified atom stereocenters. The van der Waals surface area contributed by atoms with Gasteiger partial charge in [0.15, 0.2) is 5.75 Å². The lowest BCUT2D eigenvalue weighted by Crippen LogP contribution is -2.36. The minimum Gasteiger partial charge on any atom is -0.492 e. The van der Waals surface area contributed by atoms with Crippen LogP contribution in [0.1, 0.15) is 29.4 Å². The maximum absolute atomic E-state index is 11.7. The predicted molar refractivity (Wildman–Crippen MR) is 83.2 cm³/mol. The first kappa shape index (κ1) is 15.9. The Morgan fingerprint density at radius 2 is 2.05 bits per heavy atom. The number of thiophene rings is 1. The average molecular weight is 314 g/mol. The summed E-state index contributed by atoms with van der Waals surface area (Å²) in [4.78, 5) is 14.3. The van der Waals surface area contributed by atoms with Gasteiger partial charge in [0, 0.05) is 13.1 Å². The minimum atomic E-state index is -0.444. The van der Waals surface area contributed by atoms with Crippen molar-refractivity contribution in [2.45, 2.75) is 25.9 Å². The van der Waals surface area contributed by atoms with Crippen LogP contribution in [0.3, 0.4) is 0 Å². The van der Waals surface area contributed by atoms with Crippen LogP contribution in [-0.4, -0.2) is 44.5 Å². The van der Waals surface area contributed by atoms with E-state index in [0.29, 0.717) is 22.2 Å². The zero-order chi connectivity index (χ0) is 15.6. The number of esters is 1. The fraction of sp³-hybridized carbons (Fsp3) is 0.643. The van der Waals surface area contributed by atoms with E-state index >= 15 is 0 Å². The molecule has 1 fully saturated rings. The molecule has 0 radical (unpaired) electrons. The number of hydrogen-bond donors (Lipinski definition) is 2. The number of nitrogen functional groups attached to an aromatic ring is 1. The second-order valence-corrected chi connectivity index (χ2v) is 6.24. The van der Waals surface area contributed by atoms with E-state index in [2.05, 4.69) is 4.90 Å². The molecule has 6 nitrogen and oxygen atoms in total. The number of carbonyl (C=O) groups is 1. The van der Waals surface area contributed by atoms with Crippen LogP contribution in [0.25, 0.3) is 0 Å². The largest absolute Gasteiger partial charge is 0.492 e. The molecule has 2 heterocycles.